The molecule has 2 rings (SSSR count). The number of nitrogens with two attached hydrogens (primary N) is 1. The van der Waals surface area contributed by atoms with Gasteiger partial charge in [-0.3, -0.25) is 4.79 Å². The number of ether oxygens (including phenoxy) is 1. The van der Waals surface area contributed by atoms with Gasteiger partial charge in [0.25, 0.3) is 0 Å². The second kappa shape index (κ2) is 8.85. The number of hydrogen-bond acceptors (Lipinski definition) is 4. The molecule has 0 aromatic heterocycles. The Bertz CT molecular complexity index is 335. The lowest BCUT2D eigenvalue weighted by Gasteiger charge is -2.35. The molecule has 3 N–H and O–H groups in total. The molecule has 5 nitrogen and oxygen atoms in total. The molecule has 0 aromatic carbocycles. The van der Waals surface area contributed by atoms with Crippen molar-refractivity contribution in [2.75, 3.05) is 39.4 Å². The van der Waals surface area contributed by atoms with Crippen LogP contribution in [0.5, 0.6) is 0 Å². The number of rotatable bonds is 6. The van der Waals surface area contributed by atoms with E-state index < -0.39 is 0 Å². The van der Waals surface area contributed by atoms with Gasteiger partial charge in [-0.2, -0.15) is 0 Å². The van der Waals surface area contributed by atoms with Crippen molar-refractivity contribution in [3.8, 4) is 0 Å². The molecule has 3 unspecified atom stereocenters. The zero-order chi connectivity index (χ0) is 15.9. The molecule has 2 fully saturated rings. The van der Waals surface area contributed by atoms with Crippen molar-refractivity contribution in [3.05, 3.63) is 0 Å². The van der Waals surface area contributed by atoms with Gasteiger partial charge >= 0.3 is 0 Å². The normalized spacial score (nSPS) is 29.2. The van der Waals surface area contributed by atoms with Crippen LogP contribution in [0.25, 0.3) is 0 Å². The highest BCUT2D eigenvalue weighted by molar-refractivity contribution is 5.81. The van der Waals surface area contributed by atoms with Gasteiger partial charge in [0, 0.05) is 32.8 Å². The molecule has 0 bridgehead atoms. The van der Waals surface area contributed by atoms with Crippen molar-refractivity contribution in [1.82, 2.24) is 10.2 Å². The van der Waals surface area contributed by atoms with Crippen LogP contribution in [0.15, 0.2) is 0 Å². The Hall–Kier alpha value is -0.650. The molecule has 2 heterocycles. The number of likely N-dealkylation sites (tertiary alicyclic amines) is 1. The van der Waals surface area contributed by atoms with Crippen LogP contribution in [0.1, 0.15) is 39.5 Å². The fourth-order valence-electron chi connectivity index (χ4n) is 3.90. The van der Waals surface area contributed by atoms with Crippen molar-refractivity contribution in [2.24, 2.45) is 23.5 Å². The van der Waals surface area contributed by atoms with Gasteiger partial charge in [0.2, 0.25) is 5.91 Å². The van der Waals surface area contributed by atoms with Crippen molar-refractivity contribution in [2.45, 2.75) is 45.6 Å². The molecule has 0 saturated carbocycles. The third kappa shape index (κ3) is 5.52. The number of carbonyl (C=O) groups excluding carboxylic acids is 1. The number of amides is 1. The van der Waals surface area contributed by atoms with Crippen LogP contribution in [0.4, 0.5) is 0 Å². The summed E-state index contributed by atoms with van der Waals surface area (Å²) in [5.41, 5.74) is 6.08. The minimum Gasteiger partial charge on any atom is -0.381 e. The second-order valence-electron chi connectivity index (χ2n) is 7.33. The molecule has 2 aliphatic heterocycles. The first-order chi connectivity index (χ1) is 10.6. The van der Waals surface area contributed by atoms with E-state index in [9.17, 15) is 4.79 Å². The predicted octanol–water partition coefficient (Wildman–Crippen LogP) is 1.22. The molecule has 3 atom stereocenters. The standard InChI is InChI=1S/C17H33N3O2/c1-13-10-14(2)12-20(11-13)7-3-6-19-17(21)16(18)15-4-8-22-9-5-15/h13-16H,3-12,18H2,1-2H3,(H,19,21). The summed E-state index contributed by atoms with van der Waals surface area (Å²) in [6.45, 7) is 10.3. The quantitative estimate of drug-likeness (QED) is 0.724. The number of nitrogens with zero attached hydrogens (tertiary/aromatic N) is 1. The highest BCUT2D eigenvalue weighted by atomic mass is 16.5. The number of carbonyl (C=O) groups is 1. The van der Waals surface area contributed by atoms with Gasteiger partial charge in [0.15, 0.2) is 0 Å². The average Bonchev–Trinajstić information content (AvgIpc) is 2.50. The largest absolute Gasteiger partial charge is 0.381 e. The minimum absolute atomic E-state index is 0.00674. The lowest BCUT2D eigenvalue weighted by atomic mass is 9.91. The monoisotopic (exact) mass is 311 g/mol. The molecule has 0 aliphatic carbocycles. The first kappa shape index (κ1) is 17.7. The van der Waals surface area contributed by atoms with E-state index in [0.717, 1.165) is 57.4 Å². The van der Waals surface area contributed by atoms with Crippen molar-refractivity contribution in [1.29, 1.82) is 0 Å². The summed E-state index contributed by atoms with van der Waals surface area (Å²) >= 11 is 0. The van der Waals surface area contributed by atoms with E-state index >= 15 is 0 Å². The topological polar surface area (TPSA) is 67.6 Å². The zero-order valence-electron chi connectivity index (χ0n) is 14.2. The molecular weight excluding hydrogens is 278 g/mol. The highest BCUT2D eigenvalue weighted by Gasteiger charge is 2.26. The summed E-state index contributed by atoms with van der Waals surface area (Å²) in [6, 6.07) is -0.376. The summed E-state index contributed by atoms with van der Waals surface area (Å²) in [4.78, 5) is 14.6. The van der Waals surface area contributed by atoms with Crippen LogP contribution in [-0.2, 0) is 9.53 Å². The van der Waals surface area contributed by atoms with Gasteiger partial charge in [-0.05, 0) is 50.0 Å². The van der Waals surface area contributed by atoms with Crippen molar-refractivity contribution in [3.63, 3.8) is 0 Å². The lowest BCUT2D eigenvalue weighted by Crippen LogP contribution is -2.47. The van der Waals surface area contributed by atoms with Crippen LogP contribution in [-0.4, -0.2) is 56.2 Å². The van der Waals surface area contributed by atoms with E-state index in [1.165, 1.54) is 19.5 Å². The second-order valence-corrected chi connectivity index (χ2v) is 7.33. The number of piperidine rings is 1. The maximum atomic E-state index is 12.1. The maximum Gasteiger partial charge on any atom is 0.237 e. The molecule has 128 valence electrons. The van der Waals surface area contributed by atoms with E-state index in [4.69, 9.17) is 10.5 Å². The minimum atomic E-state index is -0.376. The van der Waals surface area contributed by atoms with Crippen molar-refractivity contribution < 1.29 is 9.53 Å². The van der Waals surface area contributed by atoms with Gasteiger partial charge in [-0.1, -0.05) is 13.8 Å². The van der Waals surface area contributed by atoms with Crippen LogP contribution >= 0.6 is 0 Å². The fraction of sp³-hybridized carbons (Fsp3) is 0.941. The summed E-state index contributed by atoms with van der Waals surface area (Å²) < 4.78 is 5.32. The van der Waals surface area contributed by atoms with Gasteiger partial charge in [0.05, 0.1) is 6.04 Å². The SMILES string of the molecule is CC1CC(C)CN(CCCNC(=O)C(N)C2CCOCC2)C1. The highest BCUT2D eigenvalue weighted by Crippen LogP contribution is 2.21. The Balaban J connectivity index is 1.60. The Kier molecular flexibility index (Phi) is 7.12. The predicted molar refractivity (Wildman–Crippen MR) is 88.5 cm³/mol. The summed E-state index contributed by atoms with van der Waals surface area (Å²) in [5, 5.41) is 3.01. The van der Waals surface area contributed by atoms with E-state index in [2.05, 4.69) is 24.1 Å². The van der Waals surface area contributed by atoms with E-state index in [0.29, 0.717) is 0 Å². The van der Waals surface area contributed by atoms with E-state index in [-0.39, 0.29) is 17.9 Å². The first-order valence-corrected chi connectivity index (χ1v) is 8.89. The third-order valence-electron chi connectivity index (χ3n) is 4.97. The van der Waals surface area contributed by atoms with Crippen molar-refractivity contribution >= 4 is 5.91 Å². The average molecular weight is 311 g/mol. The number of nitrogens with one attached hydrogen (secondary N) is 1. The number of hydrogen-bond donors (Lipinski definition) is 2. The Morgan fingerprint density at radius 2 is 1.91 bits per heavy atom. The van der Waals surface area contributed by atoms with Crippen LogP contribution in [0, 0.1) is 17.8 Å². The molecule has 5 heteroatoms. The molecular formula is C17H33N3O2. The molecule has 1 amide bonds. The molecule has 0 spiro atoms. The van der Waals surface area contributed by atoms with Gasteiger partial charge < -0.3 is 20.7 Å². The zero-order valence-corrected chi connectivity index (χ0v) is 14.2. The van der Waals surface area contributed by atoms with E-state index in [1.807, 2.05) is 0 Å². The molecule has 0 aromatic rings. The summed E-state index contributed by atoms with van der Waals surface area (Å²) in [7, 11) is 0. The smallest absolute Gasteiger partial charge is 0.237 e. The maximum absolute atomic E-state index is 12.1. The molecule has 2 saturated heterocycles. The van der Waals surface area contributed by atoms with Gasteiger partial charge in [-0.25, -0.2) is 0 Å². The molecule has 22 heavy (non-hydrogen) atoms. The third-order valence-corrected chi connectivity index (χ3v) is 4.97. The van der Waals surface area contributed by atoms with Crippen LogP contribution in [0.2, 0.25) is 0 Å². The summed E-state index contributed by atoms with van der Waals surface area (Å²) in [5.74, 6) is 1.87. The summed E-state index contributed by atoms with van der Waals surface area (Å²) in [6.07, 6.45) is 4.15. The molecule has 0 radical (unpaired) electrons. The Morgan fingerprint density at radius 1 is 1.27 bits per heavy atom. The fourth-order valence-corrected chi connectivity index (χ4v) is 3.90. The first-order valence-electron chi connectivity index (χ1n) is 8.89. The van der Waals surface area contributed by atoms with E-state index in [1.54, 1.807) is 0 Å². The van der Waals surface area contributed by atoms with Gasteiger partial charge in [-0.15, -0.1) is 0 Å². The Labute approximate surface area is 134 Å². The molecule has 2 aliphatic rings. The Morgan fingerprint density at radius 3 is 2.55 bits per heavy atom. The van der Waals surface area contributed by atoms with Crippen LogP contribution in [0.3, 0.4) is 0 Å². The van der Waals surface area contributed by atoms with Gasteiger partial charge in [0.1, 0.15) is 0 Å². The lowest BCUT2D eigenvalue weighted by molar-refractivity contribution is -0.124. The van der Waals surface area contributed by atoms with Crippen LogP contribution < -0.4 is 11.1 Å².